The zero-order valence-electron chi connectivity index (χ0n) is 11.2. The van der Waals surface area contributed by atoms with Gasteiger partial charge in [0.1, 0.15) is 5.54 Å². The third-order valence-electron chi connectivity index (χ3n) is 2.98. The van der Waals surface area contributed by atoms with E-state index >= 15 is 0 Å². The van der Waals surface area contributed by atoms with Crippen LogP contribution in [0.25, 0.3) is 0 Å². The molecule has 0 amide bonds. The van der Waals surface area contributed by atoms with Gasteiger partial charge in [-0.1, -0.05) is 13.8 Å². The molecule has 0 radical (unpaired) electrons. The molecular weight excluding hydrogens is 212 g/mol. The smallest absolute Gasteiger partial charge is 0.103 e. The van der Waals surface area contributed by atoms with E-state index in [1.165, 1.54) is 5.69 Å². The van der Waals surface area contributed by atoms with Crippen molar-refractivity contribution in [1.82, 2.24) is 9.78 Å². The Morgan fingerprint density at radius 1 is 1.53 bits per heavy atom. The highest BCUT2D eigenvalue weighted by Crippen LogP contribution is 2.21. The van der Waals surface area contributed by atoms with Crippen molar-refractivity contribution in [2.75, 3.05) is 0 Å². The SMILES string of the molecule is CCc1cc(CC)n(C(C)CC(C)(N)C#N)n1. The van der Waals surface area contributed by atoms with Gasteiger partial charge in [0, 0.05) is 12.1 Å². The van der Waals surface area contributed by atoms with Gasteiger partial charge in [0.2, 0.25) is 0 Å². The van der Waals surface area contributed by atoms with Crippen LogP contribution in [0, 0.1) is 11.3 Å². The Morgan fingerprint density at radius 3 is 2.65 bits per heavy atom. The van der Waals surface area contributed by atoms with Gasteiger partial charge in [-0.05, 0) is 32.8 Å². The van der Waals surface area contributed by atoms with Gasteiger partial charge in [-0.3, -0.25) is 4.68 Å². The van der Waals surface area contributed by atoms with E-state index in [0.29, 0.717) is 6.42 Å². The molecule has 0 fully saturated rings. The first-order valence-corrected chi connectivity index (χ1v) is 6.21. The molecule has 4 nitrogen and oxygen atoms in total. The molecule has 17 heavy (non-hydrogen) atoms. The van der Waals surface area contributed by atoms with Gasteiger partial charge in [-0.15, -0.1) is 0 Å². The molecule has 4 heteroatoms. The van der Waals surface area contributed by atoms with Gasteiger partial charge in [0.25, 0.3) is 0 Å². The second kappa shape index (κ2) is 5.33. The van der Waals surface area contributed by atoms with Crippen LogP contribution < -0.4 is 5.73 Å². The predicted octanol–water partition coefficient (Wildman–Crippen LogP) is 2.20. The van der Waals surface area contributed by atoms with E-state index in [-0.39, 0.29) is 6.04 Å². The number of nitrogens with zero attached hydrogens (tertiary/aromatic N) is 3. The van der Waals surface area contributed by atoms with Crippen LogP contribution in [-0.2, 0) is 12.8 Å². The summed E-state index contributed by atoms with van der Waals surface area (Å²) in [6, 6.07) is 4.43. The van der Waals surface area contributed by atoms with Crippen LogP contribution in [0.15, 0.2) is 6.07 Å². The number of aromatic nitrogens is 2. The third kappa shape index (κ3) is 3.31. The summed E-state index contributed by atoms with van der Waals surface area (Å²) >= 11 is 0. The largest absolute Gasteiger partial charge is 0.314 e. The first kappa shape index (κ1) is 13.7. The standard InChI is InChI=1S/C13H22N4/c1-5-11-7-12(6-2)17(16-11)10(3)8-13(4,15)9-14/h7,10H,5-6,8,15H2,1-4H3. The van der Waals surface area contributed by atoms with Crippen molar-refractivity contribution in [3.05, 3.63) is 17.5 Å². The summed E-state index contributed by atoms with van der Waals surface area (Å²) in [5, 5.41) is 13.5. The summed E-state index contributed by atoms with van der Waals surface area (Å²) in [6.45, 7) is 8.04. The molecule has 2 atom stereocenters. The van der Waals surface area contributed by atoms with E-state index in [2.05, 4.69) is 38.0 Å². The van der Waals surface area contributed by atoms with Gasteiger partial charge in [-0.2, -0.15) is 10.4 Å². The van der Waals surface area contributed by atoms with E-state index in [1.54, 1.807) is 6.92 Å². The van der Waals surface area contributed by atoms with E-state index in [9.17, 15) is 0 Å². The minimum Gasteiger partial charge on any atom is -0.314 e. The second-order valence-electron chi connectivity index (χ2n) is 4.86. The molecule has 0 aliphatic carbocycles. The lowest BCUT2D eigenvalue weighted by molar-refractivity contribution is 0.377. The van der Waals surface area contributed by atoms with Gasteiger partial charge in [-0.25, -0.2) is 0 Å². The van der Waals surface area contributed by atoms with Crippen molar-refractivity contribution in [3.63, 3.8) is 0 Å². The average molecular weight is 234 g/mol. The van der Waals surface area contributed by atoms with Crippen LogP contribution in [0.5, 0.6) is 0 Å². The normalized spacial score (nSPS) is 16.2. The van der Waals surface area contributed by atoms with E-state index < -0.39 is 5.54 Å². The number of hydrogen-bond donors (Lipinski definition) is 1. The van der Waals surface area contributed by atoms with Crippen molar-refractivity contribution in [2.45, 2.75) is 58.5 Å². The van der Waals surface area contributed by atoms with Gasteiger partial charge >= 0.3 is 0 Å². The Balaban J connectivity index is 2.92. The van der Waals surface area contributed by atoms with Crippen LogP contribution in [0.4, 0.5) is 0 Å². The van der Waals surface area contributed by atoms with Crippen molar-refractivity contribution in [3.8, 4) is 6.07 Å². The van der Waals surface area contributed by atoms with Gasteiger partial charge in [0.05, 0.1) is 17.8 Å². The Bertz CT molecular complexity index is 412. The summed E-state index contributed by atoms with van der Waals surface area (Å²) < 4.78 is 2.02. The highest BCUT2D eigenvalue weighted by molar-refractivity contribution is 5.12. The molecule has 0 aliphatic heterocycles. The maximum Gasteiger partial charge on any atom is 0.103 e. The minimum atomic E-state index is -0.789. The maximum absolute atomic E-state index is 8.96. The lowest BCUT2D eigenvalue weighted by Crippen LogP contribution is -2.36. The van der Waals surface area contributed by atoms with Crippen LogP contribution in [0.1, 0.15) is 51.5 Å². The molecule has 1 heterocycles. The van der Waals surface area contributed by atoms with Crippen molar-refractivity contribution < 1.29 is 0 Å². The van der Waals surface area contributed by atoms with Crippen LogP contribution in [0.3, 0.4) is 0 Å². The summed E-state index contributed by atoms with van der Waals surface area (Å²) in [6.07, 6.45) is 2.50. The monoisotopic (exact) mass is 234 g/mol. The number of rotatable bonds is 5. The molecule has 2 N–H and O–H groups in total. The van der Waals surface area contributed by atoms with E-state index in [1.807, 2.05) is 4.68 Å². The molecule has 0 aromatic carbocycles. The molecule has 94 valence electrons. The zero-order chi connectivity index (χ0) is 13.1. The summed E-state index contributed by atoms with van der Waals surface area (Å²) in [7, 11) is 0. The molecule has 1 rings (SSSR count). The summed E-state index contributed by atoms with van der Waals surface area (Å²) in [5.41, 5.74) is 7.41. The van der Waals surface area contributed by atoms with Gasteiger partial charge in [0.15, 0.2) is 0 Å². The molecule has 1 aromatic heterocycles. The number of nitrogens with two attached hydrogens (primary N) is 1. The molecule has 1 aromatic rings. The topological polar surface area (TPSA) is 67.6 Å². The molecular formula is C13H22N4. The number of nitriles is 1. The number of aryl methyl sites for hydroxylation is 2. The quantitative estimate of drug-likeness (QED) is 0.849. The number of hydrogen-bond acceptors (Lipinski definition) is 3. The van der Waals surface area contributed by atoms with Gasteiger partial charge < -0.3 is 5.73 Å². The fourth-order valence-electron chi connectivity index (χ4n) is 2.05. The Labute approximate surface area is 103 Å². The van der Waals surface area contributed by atoms with Crippen molar-refractivity contribution in [2.24, 2.45) is 5.73 Å². The first-order valence-electron chi connectivity index (χ1n) is 6.21. The second-order valence-corrected chi connectivity index (χ2v) is 4.86. The lowest BCUT2D eigenvalue weighted by Gasteiger charge is -2.22. The van der Waals surface area contributed by atoms with Crippen LogP contribution in [-0.4, -0.2) is 15.3 Å². The van der Waals surface area contributed by atoms with Crippen LogP contribution in [0.2, 0.25) is 0 Å². The zero-order valence-corrected chi connectivity index (χ0v) is 11.2. The summed E-state index contributed by atoms with van der Waals surface area (Å²) in [5.74, 6) is 0. The predicted molar refractivity (Wildman–Crippen MR) is 68.5 cm³/mol. The molecule has 0 saturated carbocycles. The summed E-state index contributed by atoms with van der Waals surface area (Å²) in [4.78, 5) is 0. The third-order valence-corrected chi connectivity index (χ3v) is 2.98. The maximum atomic E-state index is 8.96. The molecule has 0 saturated heterocycles. The highest BCUT2D eigenvalue weighted by Gasteiger charge is 2.23. The Morgan fingerprint density at radius 2 is 2.18 bits per heavy atom. The van der Waals surface area contributed by atoms with Crippen LogP contribution >= 0.6 is 0 Å². The first-order chi connectivity index (χ1) is 7.93. The fraction of sp³-hybridized carbons (Fsp3) is 0.692. The minimum absolute atomic E-state index is 0.153. The highest BCUT2D eigenvalue weighted by atomic mass is 15.3. The van der Waals surface area contributed by atoms with Crippen molar-refractivity contribution >= 4 is 0 Å². The van der Waals surface area contributed by atoms with Crippen molar-refractivity contribution in [1.29, 1.82) is 5.26 Å². The van der Waals surface area contributed by atoms with E-state index in [0.717, 1.165) is 18.5 Å². The molecule has 0 aliphatic rings. The molecule has 0 spiro atoms. The molecule has 2 unspecified atom stereocenters. The molecule has 0 bridgehead atoms. The fourth-order valence-corrected chi connectivity index (χ4v) is 2.05. The average Bonchev–Trinajstić information content (AvgIpc) is 2.71. The Hall–Kier alpha value is -1.34. The Kier molecular flexibility index (Phi) is 4.30. The lowest BCUT2D eigenvalue weighted by atomic mass is 9.97. The van der Waals surface area contributed by atoms with E-state index in [4.69, 9.17) is 11.0 Å².